The standard InChI is InChI=1S/C12H12BrClIN3/c1-2-18-12(10(14)6-17-18)11(16)8-5-7(15)3-4-9(8)13/h3-6,11H,2,16H2,1H3. The Bertz CT molecular complexity index is 570. The highest BCUT2D eigenvalue weighted by atomic mass is 127. The van der Waals surface area contributed by atoms with Crippen LogP contribution in [0.3, 0.4) is 0 Å². The molecule has 0 saturated heterocycles. The van der Waals surface area contributed by atoms with Crippen molar-refractivity contribution < 1.29 is 0 Å². The number of aromatic nitrogens is 2. The Kier molecular flexibility index (Phi) is 4.69. The first-order chi connectivity index (χ1) is 8.54. The van der Waals surface area contributed by atoms with E-state index in [1.807, 2.05) is 23.7 Å². The summed E-state index contributed by atoms with van der Waals surface area (Å²) in [5.41, 5.74) is 8.19. The number of benzene rings is 1. The summed E-state index contributed by atoms with van der Waals surface area (Å²) in [5, 5.41) is 4.83. The van der Waals surface area contributed by atoms with E-state index >= 15 is 0 Å². The summed E-state index contributed by atoms with van der Waals surface area (Å²) in [6.45, 7) is 2.76. The van der Waals surface area contributed by atoms with Crippen LogP contribution in [-0.2, 0) is 6.54 Å². The summed E-state index contributed by atoms with van der Waals surface area (Å²) >= 11 is 12.0. The maximum Gasteiger partial charge on any atom is 0.0837 e. The molecular formula is C12H12BrClIN3. The van der Waals surface area contributed by atoms with E-state index in [1.165, 1.54) is 0 Å². The van der Waals surface area contributed by atoms with Gasteiger partial charge in [-0.2, -0.15) is 5.10 Å². The van der Waals surface area contributed by atoms with Crippen molar-refractivity contribution in [1.82, 2.24) is 9.78 Å². The molecule has 0 bridgehead atoms. The van der Waals surface area contributed by atoms with Gasteiger partial charge in [0.05, 0.1) is 23.0 Å². The minimum absolute atomic E-state index is 0.288. The smallest absolute Gasteiger partial charge is 0.0837 e. The molecule has 0 aliphatic rings. The van der Waals surface area contributed by atoms with Crippen LogP contribution in [-0.4, -0.2) is 9.78 Å². The van der Waals surface area contributed by atoms with Gasteiger partial charge in [0, 0.05) is 14.6 Å². The van der Waals surface area contributed by atoms with Crippen LogP contribution in [0.25, 0.3) is 0 Å². The topological polar surface area (TPSA) is 43.8 Å². The van der Waals surface area contributed by atoms with Gasteiger partial charge in [-0.05, 0) is 53.3 Å². The molecule has 1 atom stereocenters. The average Bonchev–Trinajstić information content (AvgIpc) is 2.72. The summed E-state index contributed by atoms with van der Waals surface area (Å²) in [5.74, 6) is 0. The van der Waals surface area contributed by atoms with Gasteiger partial charge in [-0.25, -0.2) is 0 Å². The van der Waals surface area contributed by atoms with Crippen LogP contribution in [0.5, 0.6) is 0 Å². The third-order valence-corrected chi connectivity index (χ3v) is 4.40. The molecule has 1 unspecified atom stereocenters. The van der Waals surface area contributed by atoms with Crippen LogP contribution in [0.15, 0.2) is 28.9 Å². The van der Waals surface area contributed by atoms with Crippen molar-refractivity contribution in [2.24, 2.45) is 5.73 Å². The zero-order valence-electron chi connectivity index (χ0n) is 9.70. The number of rotatable bonds is 3. The minimum Gasteiger partial charge on any atom is -0.319 e. The fraction of sp³-hybridized carbons (Fsp3) is 0.250. The molecule has 3 nitrogen and oxygen atoms in total. The van der Waals surface area contributed by atoms with Crippen molar-refractivity contribution in [3.05, 3.63) is 48.7 Å². The zero-order valence-corrected chi connectivity index (χ0v) is 14.2. The van der Waals surface area contributed by atoms with E-state index in [-0.39, 0.29) is 6.04 Å². The molecular weight excluding hydrogens is 428 g/mol. The highest BCUT2D eigenvalue weighted by molar-refractivity contribution is 14.1. The van der Waals surface area contributed by atoms with Gasteiger partial charge in [-0.1, -0.05) is 27.5 Å². The van der Waals surface area contributed by atoms with Gasteiger partial charge >= 0.3 is 0 Å². The number of aryl methyl sites for hydroxylation is 1. The molecule has 0 aliphatic heterocycles. The molecule has 0 spiro atoms. The van der Waals surface area contributed by atoms with Gasteiger partial charge in [-0.3, -0.25) is 4.68 Å². The second kappa shape index (κ2) is 5.90. The van der Waals surface area contributed by atoms with Gasteiger partial charge in [0.25, 0.3) is 0 Å². The number of halogens is 3. The molecule has 1 heterocycles. The number of hydrogen-bond acceptors (Lipinski definition) is 2. The summed E-state index contributed by atoms with van der Waals surface area (Å²) in [7, 11) is 0. The fourth-order valence-corrected chi connectivity index (χ4v) is 3.10. The van der Waals surface area contributed by atoms with Crippen LogP contribution in [0.2, 0.25) is 5.02 Å². The SMILES string of the molecule is CCn1ncc(Cl)c1C(N)c1cc(I)ccc1Br. The lowest BCUT2D eigenvalue weighted by Gasteiger charge is -2.16. The minimum atomic E-state index is -0.288. The van der Waals surface area contributed by atoms with Gasteiger partial charge < -0.3 is 5.73 Å². The number of nitrogens with zero attached hydrogens (tertiary/aromatic N) is 2. The molecule has 0 amide bonds. The fourth-order valence-electron chi connectivity index (χ4n) is 1.83. The van der Waals surface area contributed by atoms with Crippen LogP contribution < -0.4 is 5.73 Å². The van der Waals surface area contributed by atoms with E-state index in [4.69, 9.17) is 17.3 Å². The van der Waals surface area contributed by atoms with Gasteiger partial charge in [-0.15, -0.1) is 0 Å². The first kappa shape index (κ1) is 14.3. The van der Waals surface area contributed by atoms with E-state index in [0.29, 0.717) is 5.02 Å². The molecule has 0 aliphatic carbocycles. The molecule has 96 valence electrons. The summed E-state index contributed by atoms with van der Waals surface area (Å²) < 4.78 is 3.95. The second-order valence-corrected chi connectivity index (χ2v) is 6.34. The van der Waals surface area contributed by atoms with Crippen molar-refractivity contribution in [3.63, 3.8) is 0 Å². The molecule has 2 rings (SSSR count). The summed E-state index contributed by atoms with van der Waals surface area (Å²) in [6.07, 6.45) is 1.64. The molecule has 1 aromatic heterocycles. The van der Waals surface area contributed by atoms with Crippen molar-refractivity contribution in [2.45, 2.75) is 19.5 Å². The molecule has 1 aromatic carbocycles. The maximum atomic E-state index is 6.33. The zero-order chi connectivity index (χ0) is 13.3. The van der Waals surface area contributed by atoms with E-state index in [9.17, 15) is 0 Å². The van der Waals surface area contributed by atoms with Gasteiger partial charge in [0.2, 0.25) is 0 Å². The Hall–Kier alpha value is -0.110. The lowest BCUT2D eigenvalue weighted by Crippen LogP contribution is -2.18. The Morgan fingerprint density at radius 2 is 2.28 bits per heavy atom. The Morgan fingerprint density at radius 1 is 1.56 bits per heavy atom. The highest BCUT2D eigenvalue weighted by Crippen LogP contribution is 2.31. The van der Waals surface area contributed by atoms with Gasteiger partial charge in [0.15, 0.2) is 0 Å². The van der Waals surface area contributed by atoms with Crippen molar-refractivity contribution in [2.75, 3.05) is 0 Å². The van der Waals surface area contributed by atoms with Crippen LogP contribution in [0.4, 0.5) is 0 Å². The first-order valence-corrected chi connectivity index (χ1v) is 7.71. The van der Waals surface area contributed by atoms with Crippen molar-refractivity contribution in [3.8, 4) is 0 Å². The molecule has 18 heavy (non-hydrogen) atoms. The Balaban J connectivity index is 2.50. The normalized spacial score (nSPS) is 12.7. The largest absolute Gasteiger partial charge is 0.319 e. The van der Waals surface area contributed by atoms with Crippen molar-refractivity contribution in [1.29, 1.82) is 0 Å². The first-order valence-electron chi connectivity index (χ1n) is 5.46. The summed E-state index contributed by atoms with van der Waals surface area (Å²) in [4.78, 5) is 0. The van der Waals surface area contributed by atoms with Crippen molar-refractivity contribution >= 4 is 50.1 Å². The second-order valence-electron chi connectivity index (χ2n) is 3.84. The lowest BCUT2D eigenvalue weighted by molar-refractivity contribution is 0.600. The predicted octanol–water partition coefficient (Wildman–Crippen LogP) is 3.97. The molecule has 6 heteroatoms. The monoisotopic (exact) mass is 439 g/mol. The summed E-state index contributed by atoms with van der Waals surface area (Å²) in [6, 6.07) is 5.79. The van der Waals surface area contributed by atoms with Crippen LogP contribution in [0, 0.1) is 3.57 Å². The third-order valence-electron chi connectivity index (χ3n) is 2.72. The van der Waals surface area contributed by atoms with Gasteiger partial charge in [0.1, 0.15) is 0 Å². The van der Waals surface area contributed by atoms with E-state index in [1.54, 1.807) is 6.20 Å². The quantitative estimate of drug-likeness (QED) is 0.734. The maximum absolute atomic E-state index is 6.33. The van der Waals surface area contributed by atoms with Crippen LogP contribution in [0.1, 0.15) is 24.2 Å². The molecule has 2 N–H and O–H groups in total. The number of nitrogens with two attached hydrogens (primary N) is 1. The highest BCUT2D eigenvalue weighted by Gasteiger charge is 2.20. The molecule has 0 fully saturated rings. The lowest BCUT2D eigenvalue weighted by atomic mass is 10.0. The molecule has 0 radical (unpaired) electrons. The molecule has 2 aromatic rings. The average molecular weight is 441 g/mol. The molecule has 0 saturated carbocycles. The Labute approximate surface area is 133 Å². The third kappa shape index (κ3) is 2.74. The Morgan fingerprint density at radius 3 is 2.94 bits per heavy atom. The van der Waals surface area contributed by atoms with E-state index in [0.717, 1.165) is 25.8 Å². The number of hydrogen-bond donors (Lipinski definition) is 1. The predicted molar refractivity (Wildman–Crippen MR) is 85.8 cm³/mol. The van der Waals surface area contributed by atoms with Crippen LogP contribution >= 0.6 is 50.1 Å². The van der Waals surface area contributed by atoms with E-state index in [2.05, 4.69) is 49.7 Å². The van der Waals surface area contributed by atoms with E-state index < -0.39 is 0 Å².